The zero-order valence-corrected chi connectivity index (χ0v) is 12.5. The molecule has 0 radical (unpaired) electrons. The van der Waals surface area contributed by atoms with E-state index in [0.717, 1.165) is 24.8 Å². The van der Waals surface area contributed by atoms with Gasteiger partial charge in [-0.25, -0.2) is 13.1 Å². The Balaban J connectivity index is 2.22. The van der Waals surface area contributed by atoms with Crippen LogP contribution in [-0.2, 0) is 16.6 Å². The van der Waals surface area contributed by atoms with Gasteiger partial charge >= 0.3 is 0 Å². The number of nitrogens with one attached hydrogen (secondary N) is 1. The average Bonchev–Trinajstić information content (AvgIpc) is 2.74. The first-order valence-corrected chi connectivity index (χ1v) is 8.31. The fourth-order valence-electron chi connectivity index (χ4n) is 2.45. The van der Waals surface area contributed by atoms with Crippen molar-refractivity contribution in [2.75, 3.05) is 0 Å². The number of nitrogens with two attached hydrogens (primary N) is 1. The highest BCUT2D eigenvalue weighted by Gasteiger charge is 2.28. The monoisotopic (exact) mass is 302 g/mol. The number of hydrogen-bond acceptors (Lipinski definition) is 3. The third-order valence-electron chi connectivity index (χ3n) is 3.72. The molecule has 0 bridgehead atoms. The van der Waals surface area contributed by atoms with Crippen LogP contribution in [0.3, 0.4) is 0 Å². The second-order valence-electron chi connectivity index (χ2n) is 5.09. The Bertz CT molecular complexity index is 560. The van der Waals surface area contributed by atoms with Crippen molar-refractivity contribution in [2.24, 2.45) is 11.7 Å². The highest BCUT2D eigenvalue weighted by Crippen LogP contribution is 2.27. The molecule has 1 aromatic carbocycles. The molecule has 2 atom stereocenters. The van der Waals surface area contributed by atoms with Crippen molar-refractivity contribution in [3.05, 3.63) is 28.8 Å². The predicted molar refractivity (Wildman–Crippen MR) is 76.5 cm³/mol. The van der Waals surface area contributed by atoms with E-state index in [1.54, 1.807) is 12.1 Å². The Labute approximate surface area is 119 Å². The van der Waals surface area contributed by atoms with E-state index < -0.39 is 10.0 Å². The quantitative estimate of drug-likeness (QED) is 0.896. The first-order chi connectivity index (χ1) is 8.94. The van der Waals surface area contributed by atoms with Crippen LogP contribution in [0.1, 0.15) is 31.7 Å². The summed E-state index contributed by atoms with van der Waals surface area (Å²) in [6, 6.07) is 4.70. The first-order valence-electron chi connectivity index (χ1n) is 6.45. The molecule has 3 N–H and O–H groups in total. The van der Waals surface area contributed by atoms with Crippen molar-refractivity contribution in [2.45, 2.75) is 43.7 Å². The molecule has 2 unspecified atom stereocenters. The Kier molecular flexibility index (Phi) is 4.50. The second-order valence-corrected chi connectivity index (χ2v) is 7.21. The van der Waals surface area contributed by atoms with E-state index >= 15 is 0 Å². The summed E-state index contributed by atoms with van der Waals surface area (Å²) in [6.45, 7) is 2.37. The number of halogens is 1. The normalized spacial score (nSPS) is 23.7. The van der Waals surface area contributed by atoms with E-state index in [1.807, 2.05) is 0 Å². The molecule has 6 heteroatoms. The van der Waals surface area contributed by atoms with Crippen LogP contribution in [0.4, 0.5) is 0 Å². The number of sulfonamides is 1. The highest BCUT2D eigenvalue weighted by molar-refractivity contribution is 7.89. The fraction of sp³-hybridized carbons (Fsp3) is 0.538. The van der Waals surface area contributed by atoms with Gasteiger partial charge in [0.15, 0.2) is 0 Å². The van der Waals surface area contributed by atoms with Crippen LogP contribution < -0.4 is 10.5 Å². The zero-order chi connectivity index (χ0) is 14.0. The van der Waals surface area contributed by atoms with Crippen LogP contribution in [0.5, 0.6) is 0 Å². The summed E-state index contributed by atoms with van der Waals surface area (Å²) in [5, 5.41) is 0.393. The third kappa shape index (κ3) is 3.28. The molecule has 1 aliphatic carbocycles. The lowest BCUT2D eigenvalue weighted by Gasteiger charge is -2.17. The van der Waals surface area contributed by atoms with Gasteiger partial charge in [0.2, 0.25) is 10.0 Å². The summed E-state index contributed by atoms with van der Waals surface area (Å²) in [7, 11) is -3.50. The van der Waals surface area contributed by atoms with Crippen molar-refractivity contribution < 1.29 is 8.42 Å². The van der Waals surface area contributed by atoms with Gasteiger partial charge < -0.3 is 5.73 Å². The minimum Gasteiger partial charge on any atom is -0.326 e. The summed E-state index contributed by atoms with van der Waals surface area (Å²) in [5.41, 5.74) is 6.26. The molecule has 1 aliphatic rings. The molecule has 4 nitrogen and oxygen atoms in total. The summed E-state index contributed by atoms with van der Waals surface area (Å²) in [4.78, 5) is 0.203. The highest BCUT2D eigenvalue weighted by atomic mass is 35.5. The second kappa shape index (κ2) is 5.79. The Morgan fingerprint density at radius 2 is 2.16 bits per heavy atom. The summed E-state index contributed by atoms with van der Waals surface area (Å²) < 4.78 is 27.3. The third-order valence-corrected chi connectivity index (χ3v) is 5.56. The van der Waals surface area contributed by atoms with Crippen molar-refractivity contribution in [1.82, 2.24) is 4.72 Å². The molecule has 19 heavy (non-hydrogen) atoms. The lowest BCUT2D eigenvalue weighted by Crippen LogP contribution is -2.36. The summed E-state index contributed by atoms with van der Waals surface area (Å²) in [6.07, 6.45) is 3.04. The lowest BCUT2D eigenvalue weighted by molar-refractivity contribution is 0.476. The maximum absolute atomic E-state index is 12.3. The predicted octanol–water partition coefficient (Wildman–Crippen LogP) is 2.27. The molecule has 0 spiro atoms. The number of benzene rings is 1. The minimum atomic E-state index is -3.50. The Morgan fingerprint density at radius 1 is 1.42 bits per heavy atom. The van der Waals surface area contributed by atoms with Crippen LogP contribution in [0.15, 0.2) is 23.1 Å². The molecule has 0 aromatic heterocycles. The molecule has 106 valence electrons. The first kappa shape index (κ1) is 14.8. The van der Waals surface area contributed by atoms with E-state index in [2.05, 4.69) is 11.6 Å². The Morgan fingerprint density at radius 3 is 2.68 bits per heavy atom. The van der Waals surface area contributed by atoms with Crippen LogP contribution >= 0.6 is 11.6 Å². The largest absolute Gasteiger partial charge is 0.326 e. The topological polar surface area (TPSA) is 72.2 Å². The maximum Gasteiger partial charge on any atom is 0.240 e. The number of hydrogen-bond donors (Lipinski definition) is 2. The van der Waals surface area contributed by atoms with Crippen LogP contribution in [-0.4, -0.2) is 14.5 Å². The van der Waals surface area contributed by atoms with Gasteiger partial charge in [-0.2, -0.15) is 0 Å². The van der Waals surface area contributed by atoms with Crippen molar-refractivity contribution >= 4 is 21.6 Å². The van der Waals surface area contributed by atoms with E-state index in [1.165, 1.54) is 6.07 Å². The van der Waals surface area contributed by atoms with Gasteiger partial charge in [0.05, 0.1) is 4.90 Å². The molecule has 0 saturated heterocycles. The van der Waals surface area contributed by atoms with Crippen molar-refractivity contribution in [3.8, 4) is 0 Å². The summed E-state index contributed by atoms with van der Waals surface area (Å²) >= 11 is 6.01. The zero-order valence-electron chi connectivity index (χ0n) is 10.9. The van der Waals surface area contributed by atoms with Gasteiger partial charge in [-0.05, 0) is 36.5 Å². The molecule has 1 saturated carbocycles. The van der Waals surface area contributed by atoms with Gasteiger partial charge in [-0.1, -0.05) is 31.0 Å². The average molecular weight is 303 g/mol. The van der Waals surface area contributed by atoms with E-state index in [9.17, 15) is 8.42 Å². The van der Waals surface area contributed by atoms with Gasteiger partial charge in [-0.15, -0.1) is 0 Å². The number of rotatable bonds is 4. The van der Waals surface area contributed by atoms with Crippen molar-refractivity contribution in [1.29, 1.82) is 0 Å². The van der Waals surface area contributed by atoms with Crippen LogP contribution in [0.2, 0.25) is 5.02 Å². The van der Waals surface area contributed by atoms with Crippen LogP contribution in [0, 0.1) is 5.92 Å². The summed E-state index contributed by atoms with van der Waals surface area (Å²) in [5.74, 6) is 0.383. The molecule has 1 fully saturated rings. The molecule has 0 amide bonds. The molecule has 0 aliphatic heterocycles. The van der Waals surface area contributed by atoms with E-state index in [4.69, 9.17) is 17.3 Å². The van der Waals surface area contributed by atoms with Gasteiger partial charge in [0.25, 0.3) is 0 Å². The van der Waals surface area contributed by atoms with Gasteiger partial charge in [-0.3, -0.25) is 0 Å². The minimum absolute atomic E-state index is 0.0259. The molecular weight excluding hydrogens is 284 g/mol. The Hall–Kier alpha value is -0.620. The SMILES string of the molecule is CC1CCCC1NS(=O)(=O)c1ccc(CN)c(Cl)c1. The maximum atomic E-state index is 12.3. The molecular formula is C13H19ClN2O2S. The molecule has 1 aromatic rings. The fourth-order valence-corrected chi connectivity index (χ4v) is 4.18. The molecule has 0 heterocycles. The van der Waals surface area contributed by atoms with Crippen LogP contribution in [0.25, 0.3) is 0 Å². The van der Waals surface area contributed by atoms with E-state index in [-0.39, 0.29) is 10.9 Å². The smallest absolute Gasteiger partial charge is 0.240 e. The lowest BCUT2D eigenvalue weighted by atomic mass is 10.1. The van der Waals surface area contributed by atoms with Gasteiger partial charge in [0.1, 0.15) is 0 Å². The van der Waals surface area contributed by atoms with Gasteiger partial charge in [0, 0.05) is 17.6 Å². The standard InChI is InChI=1S/C13H19ClN2O2S/c1-9-3-2-4-13(9)16-19(17,18)11-6-5-10(8-15)12(14)7-11/h5-7,9,13,16H,2-4,8,15H2,1H3. The van der Waals surface area contributed by atoms with Crippen molar-refractivity contribution in [3.63, 3.8) is 0 Å². The van der Waals surface area contributed by atoms with E-state index in [0.29, 0.717) is 17.5 Å². The molecule has 2 rings (SSSR count).